The second-order valence-corrected chi connectivity index (χ2v) is 7.47. The molecule has 1 aromatic carbocycles. The number of rotatable bonds is 5. The summed E-state index contributed by atoms with van der Waals surface area (Å²) in [6.45, 7) is 0.851. The average Bonchev–Trinajstić information content (AvgIpc) is 3.04. The molecule has 2 heterocycles. The number of thioether (sulfide) groups is 1. The molecule has 2 fully saturated rings. The third-order valence-corrected chi connectivity index (χ3v) is 5.74. The fourth-order valence-electron chi connectivity index (χ4n) is 3.34. The van der Waals surface area contributed by atoms with Crippen LogP contribution in [0, 0.1) is 5.92 Å². The van der Waals surface area contributed by atoms with E-state index in [1.165, 1.54) is 0 Å². The lowest BCUT2D eigenvalue weighted by Gasteiger charge is -2.34. The number of carboxylic acid groups (broad SMARTS) is 1. The van der Waals surface area contributed by atoms with Gasteiger partial charge in [-0.15, -0.1) is 11.8 Å². The van der Waals surface area contributed by atoms with Crippen molar-refractivity contribution in [3.8, 4) is 0 Å². The predicted molar refractivity (Wildman–Crippen MR) is 97.2 cm³/mol. The van der Waals surface area contributed by atoms with E-state index in [1.54, 1.807) is 16.7 Å². The van der Waals surface area contributed by atoms with Crippen molar-refractivity contribution >= 4 is 35.2 Å². The Bertz CT molecular complexity index is 700. The van der Waals surface area contributed by atoms with Crippen LogP contribution in [-0.4, -0.2) is 54.4 Å². The third-order valence-electron chi connectivity index (χ3n) is 5.00. The highest BCUT2D eigenvalue weighted by Crippen LogP contribution is 2.28. The summed E-state index contributed by atoms with van der Waals surface area (Å²) in [5.74, 6) is -2.12. The number of hydrogen-bond donors (Lipinski definition) is 2. The standard InChI is InChI=1S/C18H22N2O5S/c1-26-14-4-2-13(3-5-14)20-11-12(10-15(20)21)16(22)19-18(17(23)24)6-8-25-9-7-18/h2-5,12H,6-11H2,1H3,(H,19,22)(H,23,24). The van der Waals surface area contributed by atoms with E-state index in [4.69, 9.17) is 4.74 Å². The van der Waals surface area contributed by atoms with Gasteiger partial charge >= 0.3 is 5.97 Å². The molecule has 0 saturated carbocycles. The van der Waals surface area contributed by atoms with Crippen LogP contribution in [0.25, 0.3) is 0 Å². The van der Waals surface area contributed by atoms with Crippen LogP contribution in [0.3, 0.4) is 0 Å². The van der Waals surface area contributed by atoms with Crippen LogP contribution in [0.4, 0.5) is 5.69 Å². The van der Waals surface area contributed by atoms with E-state index >= 15 is 0 Å². The van der Waals surface area contributed by atoms with Gasteiger partial charge in [-0.2, -0.15) is 0 Å². The first-order valence-corrected chi connectivity index (χ1v) is 9.75. The Morgan fingerprint density at radius 3 is 2.50 bits per heavy atom. The molecular formula is C18H22N2O5S. The highest BCUT2D eigenvalue weighted by molar-refractivity contribution is 7.98. The van der Waals surface area contributed by atoms with Gasteiger partial charge in [0.1, 0.15) is 5.54 Å². The Balaban J connectivity index is 1.69. The van der Waals surface area contributed by atoms with Crippen LogP contribution >= 0.6 is 11.8 Å². The molecular weight excluding hydrogens is 356 g/mol. The summed E-state index contributed by atoms with van der Waals surface area (Å²) < 4.78 is 5.21. The summed E-state index contributed by atoms with van der Waals surface area (Å²) in [5.41, 5.74) is -0.548. The van der Waals surface area contributed by atoms with Crippen LogP contribution in [-0.2, 0) is 19.1 Å². The van der Waals surface area contributed by atoms with Crippen LogP contribution in [0.2, 0.25) is 0 Å². The first-order valence-electron chi connectivity index (χ1n) is 8.53. The predicted octanol–water partition coefficient (Wildman–Crippen LogP) is 1.51. The molecule has 8 heteroatoms. The topological polar surface area (TPSA) is 95.9 Å². The minimum Gasteiger partial charge on any atom is -0.480 e. The molecule has 2 amide bonds. The van der Waals surface area contributed by atoms with Crippen molar-refractivity contribution in [3.63, 3.8) is 0 Å². The summed E-state index contributed by atoms with van der Waals surface area (Å²) in [6, 6.07) is 7.59. The molecule has 2 aliphatic heterocycles. The maximum atomic E-state index is 12.6. The van der Waals surface area contributed by atoms with Gasteiger partial charge in [-0.25, -0.2) is 4.79 Å². The maximum absolute atomic E-state index is 12.6. The number of nitrogens with zero attached hydrogens (tertiary/aromatic N) is 1. The summed E-state index contributed by atoms with van der Waals surface area (Å²) in [6.07, 6.45) is 2.52. The molecule has 0 aliphatic carbocycles. The second kappa shape index (κ2) is 7.67. The van der Waals surface area contributed by atoms with Gasteiger partial charge in [0.05, 0.1) is 5.92 Å². The molecule has 1 unspecified atom stereocenters. The molecule has 2 aliphatic rings. The molecule has 140 valence electrons. The quantitative estimate of drug-likeness (QED) is 0.754. The Morgan fingerprint density at radius 1 is 1.27 bits per heavy atom. The van der Waals surface area contributed by atoms with Crippen LogP contribution in [0.15, 0.2) is 29.2 Å². The molecule has 1 atom stereocenters. The molecule has 7 nitrogen and oxygen atoms in total. The summed E-state index contributed by atoms with van der Waals surface area (Å²) in [5, 5.41) is 12.2. The summed E-state index contributed by atoms with van der Waals surface area (Å²) in [4.78, 5) is 39.4. The fourth-order valence-corrected chi connectivity index (χ4v) is 3.75. The first-order chi connectivity index (χ1) is 12.4. The summed E-state index contributed by atoms with van der Waals surface area (Å²) in [7, 11) is 0. The number of carboxylic acids is 1. The van der Waals surface area contributed by atoms with Gasteiger partial charge in [-0.3, -0.25) is 9.59 Å². The number of hydrogen-bond acceptors (Lipinski definition) is 5. The fraction of sp³-hybridized carbons (Fsp3) is 0.500. The highest BCUT2D eigenvalue weighted by atomic mass is 32.2. The monoisotopic (exact) mass is 378 g/mol. The molecule has 3 rings (SSSR count). The van der Waals surface area contributed by atoms with Gasteiger partial charge in [0, 0.05) is 49.6 Å². The third kappa shape index (κ3) is 3.71. The van der Waals surface area contributed by atoms with E-state index in [9.17, 15) is 19.5 Å². The smallest absolute Gasteiger partial charge is 0.329 e. The zero-order chi connectivity index (χ0) is 18.7. The number of benzene rings is 1. The number of ether oxygens (including phenoxy) is 1. The van der Waals surface area contributed by atoms with E-state index in [-0.39, 0.29) is 37.6 Å². The Labute approximate surface area is 156 Å². The number of carbonyl (C=O) groups excluding carboxylic acids is 2. The maximum Gasteiger partial charge on any atom is 0.329 e. The van der Waals surface area contributed by atoms with Gasteiger partial charge in [-0.05, 0) is 30.5 Å². The molecule has 2 N–H and O–H groups in total. The van der Waals surface area contributed by atoms with Gasteiger partial charge in [-0.1, -0.05) is 0 Å². The van der Waals surface area contributed by atoms with E-state index in [2.05, 4.69) is 5.32 Å². The van der Waals surface area contributed by atoms with Crippen LogP contribution < -0.4 is 10.2 Å². The Kier molecular flexibility index (Phi) is 5.52. The largest absolute Gasteiger partial charge is 0.480 e. The number of anilines is 1. The molecule has 1 aromatic rings. The molecule has 0 aromatic heterocycles. The molecule has 0 spiro atoms. The Morgan fingerprint density at radius 2 is 1.92 bits per heavy atom. The van der Waals surface area contributed by atoms with Gasteiger partial charge < -0.3 is 20.1 Å². The summed E-state index contributed by atoms with van der Waals surface area (Å²) >= 11 is 1.61. The number of amides is 2. The minimum absolute atomic E-state index is 0.0856. The van der Waals surface area contributed by atoms with Crippen molar-refractivity contribution in [2.45, 2.75) is 29.7 Å². The van der Waals surface area contributed by atoms with E-state index in [1.807, 2.05) is 30.5 Å². The van der Waals surface area contributed by atoms with Gasteiger partial charge in [0.2, 0.25) is 11.8 Å². The van der Waals surface area contributed by atoms with Crippen molar-refractivity contribution in [2.24, 2.45) is 5.92 Å². The molecule has 0 bridgehead atoms. The van der Waals surface area contributed by atoms with Crippen molar-refractivity contribution in [3.05, 3.63) is 24.3 Å². The van der Waals surface area contributed by atoms with Crippen molar-refractivity contribution in [2.75, 3.05) is 30.9 Å². The van der Waals surface area contributed by atoms with Crippen molar-refractivity contribution in [1.82, 2.24) is 5.32 Å². The number of carbonyl (C=O) groups is 3. The van der Waals surface area contributed by atoms with Crippen LogP contribution in [0.1, 0.15) is 19.3 Å². The Hall–Kier alpha value is -2.06. The average molecular weight is 378 g/mol. The zero-order valence-corrected chi connectivity index (χ0v) is 15.4. The molecule has 2 saturated heterocycles. The lowest BCUT2D eigenvalue weighted by atomic mass is 9.89. The van der Waals surface area contributed by atoms with E-state index < -0.39 is 17.4 Å². The molecule has 26 heavy (non-hydrogen) atoms. The number of aliphatic carboxylic acids is 1. The van der Waals surface area contributed by atoms with Crippen molar-refractivity contribution < 1.29 is 24.2 Å². The van der Waals surface area contributed by atoms with Gasteiger partial charge in [0.25, 0.3) is 0 Å². The lowest BCUT2D eigenvalue weighted by molar-refractivity contribution is -0.152. The van der Waals surface area contributed by atoms with Crippen LogP contribution in [0.5, 0.6) is 0 Å². The second-order valence-electron chi connectivity index (χ2n) is 6.59. The van der Waals surface area contributed by atoms with Gasteiger partial charge in [0.15, 0.2) is 0 Å². The van der Waals surface area contributed by atoms with Crippen molar-refractivity contribution in [1.29, 1.82) is 0 Å². The zero-order valence-electron chi connectivity index (χ0n) is 14.6. The molecule has 0 radical (unpaired) electrons. The highest BCUT2D eigenvalue weighted by Gasteiger charge is 2.44. The first kappa shape index (κ1) is 18.7. The normalized spacial score (nSPS) is 22.3. The minimum atomic E-state index is -1.30. The lowest BCUT2D eigenvalue weighted by Crippen LogP contribution is -2.58. The van der Waals surface area contributed by atoms with E-state index in [0.717, 1.165) is 10.6 Å². The SMILES string of the molecule is CSc1ccc(N2CC(C(=O)NC3(C(=O)O)CCOCC3)CC2=O)cc1. The number of nitrogens with one attached hydrogen (secondary N) is 1. The van der Waals surface area contributed by atoms with E-state index in [0.29, 0.717) is 13.2 Å².